The van der Waals surface area contributed by atoms with Crippen molar-refractivity contribution in [2.75, 3.05) is 0 Å². The van der Waals surface area contributed by atoms with Gasteiger partial charge in [0.05, 0.1) is 6.10 Å². The van der Waals surface area contributed by atoms with Gasteiger partial charge in [-0.1, -0.05) is 48.0 Å². The first-order valence-electron chi connectivity index (χ1n) is 6.50. The van der Waals surface area contributed by atoms with E-state index in [4.69, 9.17) is 11.6 Å². The van der Waals surface area contributed by atoms with Gasteiger partial charge in [0.25, 0.3) is 0 Å². The van der Waals surface area contributed by atoms with Gasteiger partial charge in [-0.3, -0.25) is 4.98 Å². The number of benzene rings is 2. The Labute approximate surface area is 122 Å². The Morgan fingerprint density at radius 3 is 2.75 bits per heavy atom. The van der Waals surface area contributed by atoms with Crippen LogP contribution in [0.25, 0.3) is 10.8 Å². The zero-order valence-corrected chi connectivity index (χ0v) is 11.6. The summed E-state index contributed by atoms with van der Waals surface area (Å²) in [4.78, 5) is 4.11. The van der Waals surface area contributed by atoms with Crippen LogP contribution in [-0.4, -0.2) is 10.1 Å². The Morgan fingerprint density at radius 2 is 1.90 bits per heavy atom. The highest BCUT2D eigenvalue weighted by atomic mass is 35.5. The van der Waals surface area contributed by atoms with Gasteiger partial charge in [0.15, 0.2) is 0 Å². The lowest BCUT2D eigenvalue weighted by atomic mass is 9.97. The molecule has 0 fully saturated rings. The van der Waals surface area contributed by atoms with Crippen molar-refractivity contribution in [2.45, 2.75) is 12.5 Å². The molecule has 1 heterocycles. The van der Waals surface area contributed by atoms with Crippen LogP contribution in [0.4, 0.5) is 0 Å². The van der Waals surface area contributed by atoms with Gasteiger partial charge < -0.3 is 5.11 Å². The number of hydrogen-bond donors (Lipinski definition) is 1. The highest BCUT2D eigenvalue weighted by molar-refractivity contribution is 6.31. The van der Waals surface area contributed by atoms with Crippen molar-refractivity contribution in [1.82, 2.24) is 4.98 Å². The zero-order valence-electron chi connectivity index (χ0n) is 10.8. The second-order valence-corrected chi connectivity index (χ2v) is 5.16. The minimum Gasteiger partial charge on any atom is -0.388 e. The summed E-state index contributed by atoms with van der Waals surface area (Å²) in [5, 5.41) is 13.3. The maximum atomic E-state index is 10.5. The molecule has 1 N–H and O–H groups in total. The summed E-state index contributed by atoms with van der Waals surface area (Å²) in [7, 11) is 0. The molecule has 1 aromatic heterocycles. The first kappa shape index (κ1) is 13.1. The third kappa shape index (κ3) is 2.53. The number of aliphatic hydroxyl groups excluding tert-OH is 1. The number of nitrogens with zero attached hydrogens (tertiary/aromatic N) is 1. The van der Waals surface area contributed by atoms with Gasteiger partial charge in [0.1, 0.15) is 0 Å². The van der Waals surface area contributed by atoms with Crippen LogP contribution in [0.2, 0.25) is 5.02 Å². The molecule has 0 bridgehead atoms. The zero-order chi connectivity index (χ0) is 13.9. The number of aromatic nitrogens is 1. The Kier molecular flexibility index (Phi) is 3.68. The lowest BCUT2D eigenvalue weighted by Crippen LogP contribution is -2.03. The topological polar surface area (TPSA) is 33.1 Å². The molecule has 0 saturated heterocycles. The van der Waals surface area contributed by atoms with E-state index in [1.165, 1.54) is 0 Å². The maximum Gasteiger partial charge on any atom is 0.0836 e. The molecule has 2 aromatic carbocycles. The van der Waals surface area contributed by atoms with Crippen molar-refractivity contribution >= 4 is 22.4 Å². The molecule has 0 amide bonds. The lowest BCUT2D eigenvalue weighted by molar-refractivity contribution is 0.180. The second kappa shape index (κ2) is 5.61. The average molecular weight is 284 g/mol. The van der Waals surface area contributed by atoms with Crippen molar-refractivity contribution in [2.24, 2.45) is 0 Å². The molecule has 3 rings (SSSR count). The predicted octanol–water partition coefficient (Wildman–Crippen LogP) is 4.16. The van der Waals surface area contributed by atoms with Gasteiger partial charge in [0, 0.05) is 29.2 Å². The van der Waals surface area contributed by atoms with Crippen LogP contribution < -0.4 is 0 Å². The Bertz CT molecular complexity index is 736. The number of hydrogen-bond acceptors (Lipinski definition) is 2. The number of pyridine rings is 1. The van der Waals surface area contributed by atoms with Crippen LogP contribution in [0, 0.1) is 0 Å². The molecule has 3 heteroatoms. The molecule has 0 aliphatic heterocycles. The van der Waals surface area contributed by atoms with Crippen LogP contribution in [0.15, 0.2) is 60.9 Å². The average Bonchev–Trinajstić information content (AvgIpc) is 2.49. The minimum atomic E-state index is -0.582. The quantitative estimate of drug-likeness (QED) is 0.783. The SMILES string of the molecule is OC(Cc1ccccc1Cl)c1cccc2cnccc12. The van der Waals surface area contributed by atoms with Crippen LogP contribution in [0.3, 0.4) is 0 Å². The van der Waals surface area contributed by atoms with E-state index in [1.807, 2.05) is 48.5 Å². The summed E-state index contributed by atoms with van der Waals surface area (Å²) in [6, 6.07) is 15.4. The van der Waals surface area contributed by atoms with Crippen molar-refractivity contribution in [3.8, 4) is 0 Å². The van der Waals surface area contributed by atoms with E-state index in [0.717, 1.165) is 21.9 Å². The fraction of sp³-hybridized carbons (Fsp3) is 0.118. The van der Waals surface area contributed by atoms with Gasteiger partial charge in [-0.25, -0.2) is 0 Å². The first-order chi connectivity index (χ1) is 9.75. The van der Waals surface area contributed by atoms with Gasteiger partial charge >= 0.3 is 0 Å². The Morgan fingerprint density at radius 1 is 1.05 bits per heavy atom. The third-order valence-electron chi connectivity index (χ3n) is 3.44. The van der Waals surface area contributed by atoms with Crippen molar-refractivity contribution < 1.29 is 5.11 Å². The molecule has 2 nitrogen and oxygen atoms in total. The smallest absolute Gasteiger partial charge is 0.0836 e. The van der Waals surface area contributed by atoms with Gasteiger partial charge in [0.2, 0.25) is 0 Å². The summed E-state index contributed by atoms with van der Waals surface area (Å²) in [5.41, 5.74) is 1.86. The van der Waals surface area contributed by atoms with Crippen molar-refractivity contribution in [3.63, 3.8) is 0 Å². The van der Waals surface area contributed by atoms with E-state index >= 15 is 0 Å². The Hall–Kier alpha value is -1.90. The molecule has 0 aliphatic rings. The Balaban J connectivity index is 1.97. The molecule has 0 saturated carbocycles. The van der Waals surface area contributed by atoms with E-state index < -0.39 is 6.10 Å². The molecule has 0 radical (unpaired) electrons. The number of aliphatic hydroxyl groups is 1. The summed E-state index contributed by atoms with van der Waals surface area (Å²) < 4.78 is 0. The summed E-state index contributed by atoms with van der Waals surface area (Å²) in [5.74, 6) is 0. The minimum absolute atomic E-state index is 0.501. The molecule has 1 atom stereocenters. The molecule has 0 aliphatic carbocycles. The van der Waals surface area contributed by atoms with Gasteiger partial charge in [-0.05, 0) is 28.6 Å². The normalized spacial score (nSPS) is 12.5. The standard InChI is InChI=1S/C17H14ClNO/c18-16-7-2-1-4-12(16)10-17(20)15-6-3-5-13-11-19-9-8-14(13)15/h1-9,11,17,20H,10H2. The number of halogens is 1. The molecule has 3 aromatic rings. The van der Waals surface area contributed by atoms with E-state index in [2.05, 4.69) is 4.98 Å². The van der Waals surface area contributed by atoms with Crippen molar-refractivity contribution in [1.29, 1.82) is 0 Å². The fourth-order valence-corrected chi connectivity index (χ4v) is 2.63. The highest BCUT2D eigenvalue weighted by Crippen LogP contribution is 2.28. The predicted molar refractivity (Wildman–Crippen MR) is 81.9 cm³/mol. The summed E-state index contributed by atoms with van der Waals surface area (Å²) in [6.45, 7) is 0. The molecule has 1 unspecified atom stereocenters. The molecule has 100 valence electrons. The van der Waals surface area contributed by atoms with Crippen LogP contribution in [-0.2, 0) is 6.42 Å². The fourth-order valence-electron chi connectivity index (χ4n) is 2.42. The van der Waals surface area contributed by atoms with Gasteiger partial charge in [-0.15, -0.1) is 0 Å². The molecule has 20 heavy (non-hydrogen) atoms. The van der Waals surface area contributed by atoms with Crippen LogP contribution in [0.5, 0.6) is 0 Å². The summed E-state index contributed by atoms with van der Waals surface area (Å²) >= 11 is 6.15. The highest BCUT2D eigenvalue weighted by Gasteiger charge is 2.13. The van der Waals surface area contributed by atoms with Crippen LogP contribution in [0.1, 0.15) is 17.2 Å². The van der Waals surface area contributed by atoms with E-state index in [-0.39, 0.29) is 0 Å². The van der Waals surface area contributed by atoms with E-state index in [1.54, 1.807) is 12.4 Å². The van der Waals surface area contributed by atoms with E-state index in [0.29, 0.717) is 11.4 Å². The molecular formula is C17H14ClNO. The largest absolute Gasteiger partial charge is 0.388 e. The molecular weight excluding hydrogens is 270 g/mol. The number of rotatable bonds is 3. The second-order valence-electron chi connectivity index (χ2n) is 4.76. The first-order valence-corrected chi connectivity index (χ1v) is 6.87. The lowest BCUT2D eigenvalue weighted by Gasteiger charge is -2.14. The van der Waals surface area contributed by atoms with Crippen LogP contribution >= 0.6 is 11.6 Å². The summed E-state index contributed by atoms with van der Waals surface area (Å²) in [6.07, 6.45) is 3.47. The van der Waals surface area contributed by atoms with Crippen molar-refractivity contribution in [3.05, 3.63) is 77.1 Å². The third-order valence-corrected chi connectivity index (χ3v) is 3.81. The van der Waals surface area contributed by atoms with Gasteiger partial charge in [-0.2, -0.15) is 0 Å². The molecule has 0 spiro atoms. The monoisotopic (exact) mass is 283 g/mol. The van der Waals surface area contributed by atoms with E-state index in [9.17, 15) is 5.11 Å². The maximum absolute atomic E-state index is 10.5. The number of fused-ring (bicyclic) bond motifs is 1.